The number of aliphatic hydroxyl groups is 1. The molecule has 0 saturated heterocycles. The van der Waals surface area contributed by atoms with Gasteiger partial charge in [0.25, 0.3) is 10.1 Å². The molecule has 90 valence electrons. The van der Waals surface area contributed by atoms with Crippen molar-refractivity contribution in [2.45, 2.75) is 4.90 Å². The fourth-order valence-electron chi connectivity index (χ4n) is 1.01. The third-order valence-electron chi connectivity index (χ3n) is 1.69. The van der Waals surface area contributed by atoms with E-state index in [2.05, 4.69) is 4.74 Å². The summed E-state index contributed by atoms with van der Waals surface area (Å²) in [5.41, 5.74) is -0.0106. The topological polar surface area (TPSA) is 101 Å². The van der Waals surface area contributed by atoms with Crippen LogP contribution in [-0.4, -0.2) is 66.8 Å². The van der Waals surface area contributed by atoms with Crippen molar-refractivity contribution >= 4 is 45.6 Å². The van der Waals surface area contributed by atoms with Crippen LogP contribution in [0.1, 0.15) is 10.4 Å². The van der Waals surface area contributed by atoms with Gasteiger partial charge in [0.2, 0.25) is 0 Å². The normalized spacial score (nSPS) is 10.5. The molecule has 6 nitrogen and oxygen atoms in total. The molecule has 0 aromatic heterocycles. The quantitative estimate of drug-likeness (QED) is 0.432. The first-order valence-corrected chi connectivity index (χ1v) is 5.74. The summed E-state index contributed by atoms with van der Waals surface area (Å²) in [5, 5.41) is 8.43. The van der Waals surface area contributed by atoms with Gasteiger partial charge >= 0.3 is 35.5 Å². The van der Waals surface area contributed by atoms with Crippen molar-refractivity contribution in [3.8, 4) is 0 Å². The Morgan fingerprint density at radius 1 is 1.35 bits per heavy atom. The van der Waals surface area contributed by atoms with Gasteiger partial charge in [-0.2, -0.15) is 8.42 Å². The number of hydrogen-bond donors (Lipinski definition) is 2. The monoisotopic (exact) mass is 270 g/mol. The second-order valence-electron chi connectivity index (χ2n) is 2.86. The van der Waals surface area contributed by atoms with E-state index in [4.69, 9.17) is 9.66 Å². The van der Waals surface area contributed by atoms with Gasteiger partial charge in [0.15, 0.2) is 0 Å². The zero-order valence-electron chi connectivity index (χ0n) is 8.16. The van der Waals surface area contributed by atoms with Crippen LogP contribution in [0, 0.1) is 0 Å². The molecule has 0 aliphatic carbocycles. The van der Waals surface area contributed by atoms with Gasteiger partial charge in [0.05, 0.1) is 17.1 Å². The van der Waals surface area contributed by atoms with Crippen LogP contribution in [0.4, 0.5) is 0 Å². The van der Waals surface area contributed by atoms with Crippen molar-refractivity contribution in [3.63, 3.8) is 0 Å². The number of ether oxygens (including phenoxy) is 1. The Morgan fingerprint density at radius 2 is 2.00 bits per heavy atom. The van der Waals surface area contributed by atoms with Crippen molar-refractivity contribution in [1.82, 2.24) is 0 Å². The van der Waals surface area contributed by atoms with Crippen LogP contribution < -0.4 is 0 Å². The van der Waals surface area contributed by atoms with Gasteiger partial charge in [0.1, 0.15) is 6.61 Å². The summed E-state index contributed by atoms with van der Waals surface area (Å²) < 4.78 is 34.9. The van der Waals surface area contributed by atoms with E-state index >= 15 is 0 Å². The number of esters is 1. The predicted octanol–water partition coefficient (Wildman–Crippen LogP) is -0.566. The summed E-state index contributed by atoms with van der Waals surface area (Å²) in [6.07, 6.45) is 0. The molecule has 1 rings (SSSR count). The van der Waals surface area contributed by atoms with Crippen molar-refractivity contribution < 1.29 is 27.6 Å². The van der Waals surface area contributed by atoms with Gasteiger partial charge < -0.3 is 9.84 Å². The molecular formula is C9H11NaO6S. The van der Waals surface area contributed by atoms with Crippen molar-refractivity contribution in [2.24, 2.45) is 0 Å². The molecule has 0 atom stereocenters. The van der Waals surface area contributed by atoms with Crippen LogP contribution >= 0.6 is 0 Å². The summed E-state index contributed by atoms with van der Waals surface area (Å²) >= 11 is 0. The van der Waals surface area contributed by atoms with E-state index in [1.54, 1.807) is 0 Å². The van der Waals surface area contributed by atoms with Gasteiger partial charge in [-0.3, -0.25) is 4.55 Å². The maximum atomic E-state index is 11.3. The Bertz CT molecular complexity index is 484. The first-order chi connectivity index (χ1) is 7.45. The third-order valence-corrected chi connectivity index (χ3v) is 2.54. The molecule has 8 heteroatoms. The van der Waals surface area contributed by atoms with Crippen molar-refractivity contribution in [2.75, 3.05) is 13.2 Å². The average molecular weight is 270 g/mol. The van der Waals surface area contributed by atoms with Gasteiger partial charge in [-0.1, -0.05) is 6.07 Å². The van der Waals surface area contributed by atoms with Crippen LogP contribution in [0.3, 0.4) is 0 Å². The van der Waals surface area contributed by atoms with Gasteiger partial charge in [-0.05, 0) is 18.2 Å². The SMILES string of the molecule is O=C(OCCO)c1cccc(S(=O)(=O)O)c1.[NaH]. The summed E-state index contributed by atoms with van der Waals surface area (Å²) in [5.74, 6) is -0.764. The van der Waals surface area contributed by atoms with Gasteiger partial charge in [0, 0.05) is 0 Å². The van der Waals surface area contributed by atoms with E-state index in [9.17, 15) is 13.2 Å². The molecule has 0 amide bonds. The van der Waals surface area contributed by atoms with E-state index in [1.807, 2.05) is 0 Å². The molecule has 1 aromatic rings. The molecule has 0 aliphatic heterocycles. The average Bonchev–Trinajstić information content (AvgIpc) is 2.25. The number of aliphatic hydroxyl groups excluding tert-OH is 1. The predicted molar refractivity (Wildman–Crippen MR) is 60.8 cm³/mol. The minimum atomic E-state index is -4.34. The molecule has 0 heterocycles. The number of carbonyl (C=O) groups is 1. The summed E-state index contributed by atoms with van der Waals surface area (Å²) in [6.45, 7) is -0.487. The van der Waals surface area contributed by atoms with Crippen LogP contribution in [0.5, 0.6) is 0 Å². The Labute approximate surface area is 121 Å². The van der Waals surface area contributed by atoms with Crippen LogP contribution in [-0.2, 0) is 14.9 Å². The van der Waals surface area contributed by atoms with E-state index < -0.39 is 16.1 Å². The minimum absolute atomic E-state index is 0. The van der Waals surface area contributed by atoms with Crippen LogP contribution in [0.25, 0.3) is 0 Å². The molecular weight excluding hydrogens is 259 g/mol. The third kappa shape index (κ3) is 5.15. The molecule has 0 fully saturated rings. The van der Waals surface area contributed by atoms with Crippen molar-refractivity contribution in [1.29, 1.82) is 0 Å². The van der Waals surface area contributed by atoms with Gasteiger partial charge in [-0.15, -0.1) is 0 Å². The molecule has 0 aliphatic rings. The second-order valence-corrected chi connectivity index (χ2v) is 4.28. The molecule has 0 saturated carbocycles. The molecule has 1 aromatic carbocycles. The standard InChI is InChI=1S/C9H10O6S.Na.H/c10-4-5-15-9(11)7-2-1-3-8(6-7)16(12,13)14;;/h1-3,6,10H,4-5H2,(H,12,13,14);;. The first-order valence-electron chi connectivity index (χ1n) is 4.30. The molecule has 0 bridgehead atoms. The maximum absolute atomic E-state index is 11.3. The zero-order chi connectivity index (χ0) is 12.2. The zero-order valence-corrected chi connectivity index (χ0v) is 8.98. The first kappa shape index (κ1) is 16.6. The Balaban J connectivity index is 0.00000256. The van der Waals surface area contributed by atoms with Crippen LogP contribution in [0.15, 0.2) is 29.2 Å². The van der Waals surface area contributed by atoms with Crippen LogP contribution in [0.2, 0.25) is 0 Å². The summed E-state index contributed by atoms with van der Waals surface area (Å²) in [7, 11) is -4.34. The number of benzene rings is 1. The number of rotatable bonds is 4. The number of carbonyl (C=O) groups excluding carboxylic acids is 1. The van der Waals surface area contributed by atoms with Gasteiger partial charge in [-0.25, -0.2) is 4.79 Å². The fraction of sp³-hybridized carbons (Fsp3) is 0.222. The summed E-state index contributed by atoms with van der Waals surface area (Å²) in [6, 6.07) is 4.79. The van der Waals surface area contributed by atoms with E-state index in [0.717, 1.165) is 12.1 Å². The molecule has 0 radical (unpaired) electrons. The van der Waals surface area contributed by atoms with E-state index in [-0.39, 0.29) is 53.2 Å². The second kappa shape index (κ2) is 7.10. The number of hydrogen-bond acceptors (Lipinski definition) is 5. The Morgan fingerprint density at radius 3 is 2.53 bits per heavy atom. The fourth-order valence-corrected chi connectivity index (χ4v) is 1.53. The Hall–Kier alpha value is -0.440. The Kier molecular flexibility index (Phi) is 6.91. The van der Waals surface area contributed by atoms with Crippen molar-refractivity contribution in [3.05, 3.63) is 29.8 Å². The molecule has 0 spiro atoms. The van der Waals surface area contributed by atoms with E-state index in [0.29, 0.717) is 0 Å². The molecule has 2 N–H and O–H groups in total. The molecule has 0 unspecified atom stereocenters. The van der Waals surface area contributed by atoms with E-state index in [1.165, 1.54) is 12.1 Å². The molecule has 17 heavy (non-hydrogen) atoms. The summed E-state index contributed by atoms with van der Waals surface area (Å²) in [4.78, 5) is 10.9.